The summed E-state index contributed by atoms with van der Waals surface area (Å²) in [7, 11) is -0.406. The fourth-order valence-corrected chi connectivity index (χ4v) is 6.73. The van der Waals surface area contributed by atoms with E-state index in [-0.39, 0.29) is 40.6 Å². The number of fused-ring (bicyclic) bond motifs is 1. The summed E-state index contributed by atoms with van der Waals surface area (Å²) in [4.78, 5) is 0. The summed E-state index contributed by atoms with van der Waals surface area (Å²) in [6.07, 6.45) is 2.38. The summed E-state index contributed by atoms with van der Waals surface area (Å²) < 4.78 is 0.273. The molecule has 0 radical (unpaired) electrons. The number of allylic oxidation sites excluding steroid dienone is 1. The van der Waals surface area contributed by atoms with Gasteiger partial charge in [0, 0.05) is 0 Å². The van der Waals surface area contributed by atoms with Crippen molar-refractivity contribution in [3.8, 4) is 0 Å². The molecule has 120 valence electrons. The second-order valence-corrected chi connectivity index (χ2v) is 10.5. The summed E-state index contributed by atoms with van der Waals surface area (Å²) >= 11 is 2.44. The van der Waals surface area contributed by atoms with Crippen molar-refractivity contribution >= 4 is 20.8 Å². The van der Waals surface area contributed by atoms with Gasteiger partial charge in [0.2, 0.25) is 0 Å². The number of hydrogen-bond donors (Lipinski definition) is 0. The van der Waals surface area contributed by atoms with Crippen LogP contribution in [0, 0.1) is 13.8 Å². The van der Waals surface area contributed by atoms with Crippen molar-refractivity contribution in [2.24, 2.45) is 0 Å². The Bertz CT molecular complexity index is 715. The van der Waals surface area contributed by atoms with Gasteiger partial charge in [-0.15, -0.1) is 0 Å². The van der Waals surface area contributed by atoms with Crippen molar-refractivity contribution < 1.29 is 57.7 Å². The van der Waals surface area contributed by atoms with E-state index in [4.69, 9.17) is 0 Å². The third-order valence-corrected chi connectivity index (χ3v) is 9.12. The van der Waals surface area contributed by atoms with Crippen LogP contribution in [0.3, 0.4) is 0 Å². The van der Waals surface area contributed by atoms with E-state index in [2.05, 4.69) is 89.7 Å². The second-order valence-electron chi connectivity index (χ2n) is 5.86. The summed E-state index contributed by atoms with van der Waals surface area (Å²) in [6, 6.07) is 15.7. The molecule has 0 saturated heterocycles. The molecule has 3 rings (SSSR count). The van der Waals surface area contributed by atoms with Crippen LogP contribution in [0.4, 0.5) is 0 Å². The number of halogens is 3. The van der Waals surface area contributed by atoms with Crippen molar-refractivity contribution in [3.63, 3.8) is 0 Å². The number of benzene rings is 2. The minimum atomic E-state index is -0.406. The van der Waals surface area contributed by atoms with Crippen molar-refractivity contribution in [1.82, 2.24) is 0 Å². The number of aryl methyl sites for hydroxylation is 1. The zero-order chi connectivity index (χ0) is 14.3. The van der Waals surface area contributed by atoms with Gasteiger partial charge in [-0.05, 0) is 0 Å². The summed E-state index contributed by atoms with van der Waals surface area (Å²) in [5.41, 5.74) is 7.41. The minimum Gasteiger partial charge on any atom is -1.00 e. The SMILES string of the molecule is CC1=Cc2ccccc2[C]1([Ti+3])[SiH2]c1cccc(C)c1C.[Cl-].[Cl-].[Cl-]. The Morgan fingerprint density at radius 3 is 2.22 bits per heavy atom. The minimum absolute atomic E-state index is 0. The van der Waals surface area contributed by atoms with E-state index < -0.39 is 9.52 Å². The van der Waals surface area contributed by atoms with Crippen LogP contribution in [-0.4, -0.2) is 9.52 Å². The Hall–Kier alpha value is -0.0188. The average molecular weight is 418 g/mol. The van der Waals surface area contributed by atoms with Gasteiger partial charge >= 0.3 is 136 Å². The average Bonchev–Trinajstić information content (AvgIpc) is 2.68. The van der Waals surface area contributed by atoms with Crippen LogP contribution >= 0.6 is 0 Å². The van der Waals surface area contributed by atoms with Gasteiger partial charge in [0.25, 0.3) is 0 Å². The van der Waals surface area contributed by atoms with Crippen molar-refractivity contribution in [2.45, 2.75) is 24.1 Å². The van der Waals surface area contributed by atoms with E-state index in [0.717, 1.165) is 0 Å². The van der Waals surface area contributed by atoms with Gasteiger partial charge in [-0.1, -0.05) is 0 Å². The van der Waals surface area contributed by atoms with Crippen LogP contribution in [0.25, 0.3) is 6.08 Å². The predicted octanol–water partition coefficient (Wildman–Crippen LogP) is -6.07. The first-order valence-corrected chi connectivity index (χ1v) is 9.30. The molecular formula is C18H19Cl3SiTi. The van der Waals surface area contributed by atoms with E-state index in [1.165, 1.54) is 27.8 Å². The summed E-state index contributed by atoms with van der Waals surface area (Å²) in [5.74, 6) is 0. The molecule has 1 aliphatic carbocycles. The zero-order valence-electron chi connectivity index (χ0n) is 13.5. The maximum Gasteiger partial charge on any atom is -1.00 e. The van der Waals surface area contributed by atoms with E-state index in [0.29, 0.717) is 0 Å². The van der Waals surface area contributed by atoms with Crippen LogP contribution in [0.2, 0.25) is 0 Å². The Morgan fingerprint density at radius 2 is 1.52 bits per heavy atom. The Balaban J connectivity index is 0.00000161. The van der Waals surface area contributed by atoms with Crippen LogP contribution < -0.4 is 42.4 Å². The fourth-order valence-electron chi connectivity index (χ4n) is 3.10. The normalized spacial score (nSPS) is 18.6. The standard InChI is InChI=1S/C18H19Si.3ClH.Ti/c1-12-7-6-10-17(14(12)3)19-18-13(2)11-15-8-4-5-9-16(15)18;;;;/h4-11H,19H2,1-3H3;3*1H;/q;;;;+3/p-3. The molecule has 0 N–H and O–H groups in total. The number of rotatable bonds is 2. The first-order valence-electron chi connectivity index (χ1n) is 7.11. The second kappa shape index (κ2) is 8.90. The molecule has 0 saturated carbocycles. The van der Waals surface area contributed by atoms with E-state index in [1.54, 1.807) is 5.19 Å². The van der Waals surface area contributed by atoms with Gasteiger partial charge in [-0.3, -0.25) is 0 Å². The fraction of sp³-hybridized carbons (Fsp3) is 0.222. The molecule has 0 aliphatic heterocycles. The van der Waals surface area contributed by atoms with Crippen LogP contribution in [-0.2, 0) is 23.8 Å². The molecule has 1 unspecified atom stereocenters. The van der Waals surface area contributed by atoms with Crippen molar-refractivity contribution in [2.75, 3.05) is 0 Å². The molecule has 0 aromatic heterocycles. The zero-order valence-corrected chi connectivity index (χ0v) is 18.7. The molecule has 2 aromatic rings. The first kappa shape index (κ1) is 23.0. The maximum atomic E-state index is 2.44. The monoisotopic (exact) mass is 416 g/mol. The maximum absolute atomic E-state index is 2.44. The molecule has 5 heteroatoms. The van der Waals surface area contributed by atoms with Gasteiger partial charge in [0.05, 0.1) is 0 Å². The molecule has 0 amide bonds. The van der Waals surface area contributed by atoms with Gasteiger partial charge in [0.15, 0.2) is 0 Å². The van der Waals surface area contributed by atoms with Gasteiger partial charge in [0.1, 0.15) is 0 Å². The quantitative estimate of drug-likeness (QED) is 0.427. The molecule has 0 bridgehead atoms. The third-order valence-electron chi connectivity index (χ3n) is 4.64. The predicted molar refractivity (Wildman–Crippen MR) is 85.9 cm³/mol. The van der Waals surface area contributed by atoms with Gasteiger partial charge in [-0.2, -0.15) is 0 Å². The van der Waals surface area contributed by atoms with Crippen LogP contribution in [0.15, 0.2) is 48.0 Å². The molecule has 0 spiro atoms. The molecule has 0 heterocycles. The molecule has 0 nitrogen and oxygen atoms in total. The Labute approximate surface area is 172 Å². The number of hydrogen-bond acceptors (Lipinski definition) is 0. The van der Waals surface area contributed by atoms with E-state index in [9.17, 15) is 0 Å². The Kier molecular flexibility index (Phi) is 8.89. The van der Waals surface area contributed by atoms with Gasteiger partial charge < -0.3 is 37.2 Å². The van der Waals surface area contributed by atoms with Crippen molar-refractivity contribution in [1.29, 1.82) is 0 Å². The smallest absolute Gasteiger partial charge is 1.00 e. The molecular weight excluding hydrogens is 399 g/mol. The summed E-state index contributed by atoms with van der Waals surface area (Å²) in [6.45, 7) is 6.81. The van der Waals surface area contributed by atoms with E-state index >= 15 is 0 Å². The molecule has 2 aromatic carbocycles. The topological polar surface area (TPSA) is 0 Å². The molecule has 23 heavy (non-hydrogen) atoms. The van der Waals surface area contributed by atoms with Crippen LogP contribution in [0.5, 0.6) is 0 Å². The molecule has 1 atom stereocenters. The van der Waals surface area contributed by atoms with Crippen molar-refractivity contribution in [3.05, 3.63) is 70.3 Å². The molecule has 1 aliphatic rings. The largest absolute Gasteiger partial charge is 1.00 e. The summed E-state index contributed by atoms with van der Waals surface area (Å²) in [5, 5.41) is 1.61. The van der Waals surface area contributed by atoms with Gasteiger partial charge in [-0.25, -0.2) is 0 Å². The van der Waals surface area contributed by atoms with E-state index in [1.807, 2.05) is 0 Å². The molecule has 0 fully saturated rings. The Morgan fingerprint density at radius 1 is 0.870 bits per heavy atom. The van der Waals surface area contributed by atoms with Crippen LogP contribution in [0.1, 0.15) is 29.2 Å². The first-order chi connectivity index (χ1) is 9.52. The third kappa shape index (κ3) is 4.15.